The second-order valence-electron chi connectivity index (χ2n) is 2.82. The molecule has 0 spiro atoms. The van der Waals surface area contributed by atoms with E-state index in [4.69, 9.17) is 11.0 Å². The molecule has 3 N–H and O–H groups in total. The molecule has 0 aliphatic carbocycles. The third-order valence-corrected chi connectivity index (χ3v) is 1.65. The lowest BCUT2D eigenvalue weighted by atomic mass is 10.4. The van der Waals surface area contributed by atoms with Crippen molar-refractivity contribution < 1.29 is 4.79 Å². The monoisotopic (exact) mass is 208 g/mol. The first-order valence-corrected chi connectivity index (χ1v) is 4.53. The number of nitrogens with two attached hydrogens (primary N) is 1. The summed E-state index contributed by atoms with van der Waals surface area (Å²) in [5.41, 5.74) is 5.56. The summed E-state index contributed by atoms with van der Waals surface area (Å²) in [5.74, 6) is -0.325. The minimum Gasteiger partial charge on any atom is -0.350 e. The van der Waals surface area contributed by atoms with E-state index in [1.807, 2.05) is 6.07 Å². The van der Waals surface area contributed by atoms with Gasteiger partial charge in [-0.15, -0.1) is 5.10 Å². The van der Waals surface area contributed by atoms with Crippen molar-refractivity contribution >= 4 is 5.91 Å². The van der Waals surface area contributed by atoms with Crippen LogP contribution >= 0.6 is 0 Å². The Morgan fingerprint density at radius 1 is 1.73 bits per heavy atom. The van der Waals surface area contributed by atoms with Gasteiger partial charge in [0.1, 0.15) is 0 Å². The van der Waals surface area contributed by atoms with Gasteiger partial charge in [-0.25, -0.2) is 0 Å². The van der Waals surface area contributed by atoms with Gasteiger partial charge in [-0.1, -0.05) is 5.21 Å². The van der Waals surface area contributed by atoms with E-state index in [1.54, 1.807) is 0 Å². The third-order valence-electron chi connectivity index (χ3n) is 1.65. The molecule has 1 aromatic heterocycles. The highest BCUT2D eigenvalue weighted by Gasteiger charge is 2.09. The Kier molecular flexibility index (Phi) is 4.25. The summed E-state index contributed by atoms with van der Waals surface area (Å²) in [4.78, 5) is 11.4. The lowest BCUT2D eigenvalue weighted by molar-refractivity contribution is 0.0949. The van der Waals surface area contributed by atoms with Crippen LogP contribution in [-0.4, -0.2) is 34.0 Å². The zero-order chi connectivity index (χ0) is 11.1. The van der Waals surface area contributed by atoms with E-state index >= 15 is 0 Å². The minimum atomic E-state index is -0.325. The summed E-state index contributed by atoms with van der Waals surface area (Å²) in [6.07, 6.45) is 1.80. The molecule has 0 saturated heterocycles. The molecule has 0 radical (unpaired) electrons. The SMILES string of the molecule is N#CCCNC(=O)c1cn(CCN)nn1. The highest BCUT2D eigenvalue weighted by Crippen LogP contribution is 1.92. The van der Waals surface area contributed by atoms with Crippen molar-refractivity contribution in [1.29, 1.82) is 5.26 Å². The predicted octanol–water partition coefficient (Wildman–Crippen LogP) is -1.12. The molecule has 80 valence electrons. The van der Waals surface area contributed by atoms with Crippen LogP contribution in [0.25, 0.3) is 0 Å². The van der Waals surface area contributed by atoms with E-state index in [9.17, 15) is 4.79 Å². The van der Waals surface area contributed by atoms with Crippen LogP contribution in [0.2, 0.25) is 0 Å². The molecule has 7 heteroatoms. The summed E-state index contributed by atoms with van der Waals surface area (Å²) in [6, 6.07) is 1.93. The lowest BCUT2D eigenvalue weighted by Gasteiger charge is -1.97. The second-order valence-corrected chi connectivity index (χ2v) is 2.82. The predicted molar refractivity (Wildman–Crippen MR) is 51.6 cm³/mol. The van der Waals surface area contributed by atoms with Crippen LogP contribution in [0.5, 0.6) is 0 Å². The molecule has 1 aromatic rings. The zero-order valence-electron chi connectivity index (χ0n) is 8.18. The Bertz CT molecular complexity index is 365. The highest BCUT2D eigenvalue weighted by atomic mass is 16.1. The Hall–Kier alpha value is -1.94. The average molecular weight is 208 g/mol. The standard InChI is InChI=1S/C8H12N6O/c9-2-1-4-11-8(15)7-6-14(5-3-10)13-12-7/h6H,1,3-5,10H2,(H,11,15). The Balaban J connectivity index is 2.47. The summed E-state index contributed by atoms with van der Waals surface area (Å²) in [5, 5.41) is 18.2. The number of nitrogens with zero attached hydrogens (tertiary/aromatic N) is 4. The number of carbonyl (C=O) groups excluding carboxylic acids is 1. The average Bonchev–Trinajstić information content (AvgIpc) is 2.67. The molecule has 15 heavy (non-hydrogen) atoms. The smallest absolute Gasteiger partial charge is 0.273 e. The molecule has 0 unspecified atom stereocenters. The number of nitrogens with one attached hydrogen (secondary N) is 1. The topological polar surface area (TPSA) is 110 Å². The van der Waals surface area contributed by atoms with Crippen LogP contribution in [0.4, 0.5) is 0 Å². The number of rotatable bonds is 5. The van der Waals surface area contributed by atoms with Gasteiger partial charge in [-0.05, 0) is 0 Å². The lowest BCUT2D eigenvalue weighted by Crippen LogP contribution is -2.24. The van der Waals surface area contributed by atoms with Crippen molar-refractivity contribution in [3.8, 4) is 6.07 Å². The maximum absolute atomic E-state index is 11.4. The largest absolute Gasteiger partial charge is 0.350 e. The van der Waals surface area contributed by atoms with Gasteiger partial charge in [0.25, 0.3) is 5.91 Å². The molecule has 1 heterocycles. The Morgan fingerprint density at radius 2 is 2.53 bits per heavy atom. The van der Waals surface area contributed by atoms with Crippen LogP contribution in [0.15, 0.2) is 6.20 Å². The molecule has 1 rings (SSSR count). The maximum atomic E-state index is 11.4. The summed E-state index contributed by atoms with van der Waals surface area (Å²) in [6.45, 7) is 1.29. The van der Waals surface area contributed by atoms with Crippen LogP contribution in [0.3, 0.4) is 0 Å². The number of amides is 1. The molecule has 7 nitrogen and oxygen atoms in total. The van der Waals surface area contributed by atoms with Crippen LogP contribution < -0.4 is 11.1 Å². The van der Waals surface area contributed by atoms with Gasteiger partial charge in [0.15, 0.2) is 5.69 Å². The maximum Gasteiger partial charge on any atom is 0.273 e. The Labute approximate surface area is 86.9 Å². The number of hydrogen-bond acceptors (Lipinski definition) is 5. The number of carbonyl (C=O) groups is 1. The third kappa shape index (κ3) is 3.36. The molecule has 0 bridgehead atoms. The van der Waals surface area contributed by atoms with E-state index in [2.05, 4.69) is 15.6 Å². The summed E-state index contributed by atoms with van der Waals surface area (Å²) in [7, 11) is 0. The van der Waals surface area contributed by atoms with Crippen molar-refractivity contribution in [2.75, 3.05) is 13.1 Å². The van der Waals surface area contributed by atoms with E-state index in [0.717, 1.165) is 0 Å². The minimum absolute atomic E-state index is 0.237. The van der Waals surface area contributed by atoms with E-state index in [1.165, 1.54) is 10.9 Å². The first kappa shape index (κ1) is 11.1. The normalized spacial score (nSPS) is 9.60. The van der Waals surface area contributed by atoms with Crippen molar-refractivity contribution in [3.63, 3.8) is 0 Å². The zero-order valence-corrected chi connectivity index (χ0v) is 8.18. The van der Waals surface area contributed by atoms with Gasteiger partial charge in [0, 0.05) is 13.1 Å². The molecule has 0 fully saturated rings. The van der Waals surface area contributed by atoms with Crippen LogP contribution in [0.1, 0.15) is 16.9 Å². The Morgan fingerprint density at radius 3 is 3.20 bits per heavy atom. The molecule has 0 aliphatic rings. The van der Waals surface area contributed by atoms with Gasteiger partial charge in [0.05, 0.1) is 25.2 Å². The van der Waals surface area contributed by atoms with Gasteiger partial charge in [0.2, 0.25) is 0 Å². The molecular weight excluding hydrogens is 196 g/mol. The first-order valence-electron chi connectivity index (χ1n) is 4.53. The molecule has 0 aliphatic heterocycles. The molecular formula is C8H12N6O. The fourth-order valence-corrected chi connectivity index (χ4v) is 0.966. The first-order chi connectivity index (χ1) is 7.27. The number of hydrogen-bond donors (Lipinski definition) is 2. The van der Waals surface area contributed by atoms with E-state index < -0.39 is 0 Å². The second kappa shape index (κ2) is 5.72. The van der Waals surface area contributed by atoms with E-state index in [-0.39, 0.29) is 18.0 Å². The molecule has 0 atom stereocenters. The van der Waals surface area contributed by atoms with Gasteiger partial charge in [-0.3, -0.25) is 9.48 Å². The summed E-state index contributed by atoms with van der Waals surface area (Å²) < 4.78 is 1.50. The highest BCUT2D eigenvalue weighted by molar-refractivity contribution is 5.91. The fraction of sp³-hybridized carbons (Fsp3) is 0.500. The quantitative estimate of drug-likeness (QED) is 0.595. The number of aromatic nitrogens is 3. The number of nitriles is 1. The van der Waals surface area contributed by atoms with Gasteiger partial charge in [-0.2, -0.15) is 5.26 Å². The van der Waals surface area contributed by atoms with Crippen LogP contribution in [-0.2, 0) is 6.54 Å². The molecule has 0 saturated carbocycles. The molecule has 1 amide bonds. The molecule has 0 aromatic carbocycles. The van der Waals surface area contributed by atoms with E-state index in [0.29, 0.717) is 19.6 Å². The fourth-order valence-electron chi connectivity index (χ4n) is 0.966. The van der Waals surface area contributed by atoms with Crippen molar-refractivity contribution in [2.24, 2.45) is 5.73 Å². The summed E-state index contributed by atoms with van der Waals surface area (Å²) >= 11 is 0. The van der Waals surface area contributed by atoms with Crippen molar-refractivity contribution in [3.05, 3.63) is 11.9 Å². The van der Waals surface area contributed by atoms with Gasteiger partial charge >= 0.3 is 0 Å². The van der Waals surface area contributed by atoms with Crippen molar-refractivity contribution in [1.82, 2.24) is 20.3 Å². The van der Waals surface area contributed by atoms with Gasteiger partial charge < -0.3 is 11.1 Å². The van der Waals surface area contributed by atoms with Crippen molar-refractivity contribution in [2.45, 2.75) is 13.0 Å². The van der Waals surface area contributed by atoms with Crippen LogP contribution in [0, 0.1) is 11.3 Å².